The molecule has 0 radical (unpaired) electrons. The molecule has 0 aliphatic carbocycles. The molecule has 4 rings (SSSR count). The summed E-state index contributed by atoms with van der Waals surface area (Å²) in [6.07, 6.45) is 1.51. The van der Waals surface area contributed by atoms with Crippen molar-refractivity contribution in [2.75, 3.05) is 0 Å². The van der Waals surface area contributed by atoms with Gasteiger partial charge >= 0.3 is 6.03 Å². The number of hydrogen-bond donors (Lipinski definition) is 2. The highest BCUT2D eigenvalue weighted by Crippen LogP contribution is 2.35. The molecule has 0 saturated carbocycles. The SMILES string of the molecule is Cc1ccccc1COc1ccc(Sc2ccoc2C2NC(=O)NC2=O)cc1. The topological polar surface area (TPSA) is 80.6 Å². The van der Waals surface area contributed by atoms with E-state index >= 15 is 0 Å². The van der Waals surface area contributed by atoms with Gasteiger partial charge in [-0.25, -0.2) is 4.79 Å². The van der Waals surface area contributed by atoms with Crippen LogP contribution >= 0.6 is 11.8 Å². The molecule has 1 atom stereocenters. The molecule has 1 aromatic heterocycles. The lowest BCUT2D eigenvalue weighted by Crippen LogP contribution is -2.22. The molecule has 1 saturated heterocycles. The van der Waals surface area contributed by atoms with Crippen LogP contribution in [-0.4, -0.2) is 11.9 Å². The average Bonchev–Trinajstić information content (AvgIpc) is 3.27. The number of ether oxygens (including phenoxy) is 1. The molecule has 3 amide bonds. The number of furan rings is 1. The first kappa shape index (κ1) is 18.2. The Hall–Kier alpha value is -3.19. The Balaban J connectivity index is 1.42. The number of rotatable bonds is 6. The summed E-state index contributed by atoms with van der Waals surface area (Å²) in [7, 11) is 0. The predicted molar refractivity (Wildman–Crippen MR) is 104 cm³/mol. The highest BCUT2D eigenvalue weighted by atomic mass is 32.2. The van der Waals surface area contributed by atoms with Gasteiger partial charge in [0.25, 0.3) is 5.91 Å². The first-order chi connectivity index (χ1) is 13.6. The predicted octanol–water partition coefficient (Wildman–Crippen LogP) is 4.20. The van der Waals surface area contributed by atoms with Crippen LogP contribution in [0.1, 0.15) is 22.9 Å². The van der Waals surface area contributed by atoms with E-state index in [2.05, 4.69) is 29.7 Å². The lowest BCUT2D eigenvalue weighted by molar-refractivity contribution is -0.120. The van der Waals surface area contributed by atoms with Crippen molar-refractivity contribution in [3.63, 3.8) is 0 Å². The fourth-order valence-electron chi connectivity index (χ4n) is 2.87. The molecule has 0 bridgehead atoms. The summed E-state index contributed by atoms with van der Waals surface area (Å²) >= 11 is 1.46. The smallest absolute Gasteiger partial charge is 0.322 e. The number of nitrogens with one attached hydrogen (secondary N) is 2. The number of benzene rings is 2. The van der Waals surface area contributed by atoms with Crippen LogP contribution < -0.4 is 15.4 Å². The normalized spacial score (nSPS) is 16.0. The van der Waals surface area contributed by atoms with E-state index in [1.54, 1.807) is 6.07 Å². The highest BCUT2D eigenvalue weighted by molar-refractivity contribution is 7.99. The molecule has 1 aliphatic heterocycles. The Bertz CT molecular complexity index is 1010. The molecule has 28 heavy (non-hydrogen) atoms. The highest BCUT2D eigenvalue weighted by Gasteiger charge is 2.35. The van der Waals surface area contributed by atoms with Gasteiger partial charge in [-0.15, -0.1) is 0 Å². The van der Waals surface area contributed by atoms with Crippen LogP contribution in [0.5, 0.6) is 5.75 Å². The molecule has 2 heterocycles. The second-order valence-electron chi connectivity index (χ2n) is 6.33. The molecule has 1 fully saturated rings. The molecule has 142 valence electrons. The summed E-state index contributed by atoms with van der Waals surface area (Å²) in [5, 5.41) is 4.76. The number of urea groups is 1. The lowest BCUT2D eigenvalue weighted by atomic mass is 10.1. The van der Waals surface area contributed by atoms with Gasteiger partial charge in [0.15, 0.2) is 6.04 Å². The molecule has 3 aromatic rings. The summed E-state index contributed by atoms with van der Waals surface area (Å²) in [5.74, 6) is 0.789. The Morgan fingerprint density at radius 1 is 1.07 bits per heavy atom. The van der Waals surface area contributed by atoms with Crippen LogP contribution in [0.25, 0.3) is 0 Å². The fourth-order valence-corrected chi connectivity index (χ4v) is 3.79. The van der Waals surface area contributed by atoms with Crippen molar-refractivity contribution in [3.05, 3.63) is 77.7 Å². The molecule has 0 spiro atoms. The van der Waals surface area contributed by atoms with Crippen molar-refractivity contribution in [1.82, 2.24) is 10.6 Å². The van der Waals surface area contributed by atoms with Crippen LogP contribution in [0.4, 0.5) is 4.79 Å². The van der Waals surface area contributed by atoms with E-state index in [-0.39, 0.29) is 0 Å². The second-order valence-corrected chi connectivity index (χ2v) is 7.45. The molecule has 1 unspecified atom stereocenters. The molecule has 2 N–H and O–H groups in total. The monoisotopic (exact) mass is 394 g/mol. The van der Waals surface area contributed by atoms with Gasteiger partial charge in [-0.1, -0.05) is 36.0 Å². The van der Waals surface area contributed by atoms with Gasteiger partial charge in [-0.3, -0.25) is 10.1 Å². The maximum atomic E-state index is 11.9. The largest absolute Gasteiger partial charge is 0.489 e. The Labute approximate surface area is 166 Å². The van der Waals surface area contributed by atoms with Gasteiger partial charge in [-0.2, -0.15) is 0 Å². The molecular formula is C21H18N2O4S. The third-order valence-corrected chi connectivity index (χ3v) is 5.47. The summed E-state index contributed by atoms with van der Waals surface area (Å²) in [4.78, 5) is 25.0. The summed E-state index contributed by atoms with van der Waals surface area (Å²) in [6.45, 7) is 2.58. The number of aryl methyl sites for hydroxylation is 1. The summed E-state index contributed by atoms with van der Waals surface area (Å²) in [5.41, 5.74) is 2.35. The quantitative estimate of drug-likeness (QED) is 0.613. The van der Waals surface area contributed by atoms with E-state index in [4.69, 9.17) is 9.15 Å². The van der Waals surface area contributed by atoms with Gasteiger partial charge in [0.05, 0.1) is 11.2 Å². The zero-order valence-electron chi connectivity index (χ0n) is 15.1. The first-order valence-corrected chi connectivity index (χ1v) is 9.56. The van der Waals surface area contributed by atoms with Crippen molar-refractivity contribution in [2.24, 2.45) is 0 Å². The maximum Gasteiger partial charge on any atom is 0.322 e. The van der Waals surface area contributed by atoms with Gasteiger partial charge in [-0.05, 0) is 48.4 Å². The standard InChI is InChI=1S/C21H18N2O4S/c1-13-4-2-3-5-14(13)12-27-15-6-8-16(9-7-15)28-17-10-11-26-19(17)18-20(24)23-21(25)22-18/h2-11,18H,12H2,1H3,(H2,22,23,24,25). The third-order valence-electron chi connectivity index (χ3n) is 4.40. The van der Waals surface area contributed by atoms with Gasteiger partial charge < -0.3 is 14.5 Å². The lowest BCUT2D eigenvalue weighted by Gasteiger charge is -2.10. The summed E-state index contributed by atoms with van der Waals surface area (Å²) in [6, 6.07) is 16.3. The first-order valence-electron chi connectivity index (χ1n) is 8.74. The van der Waals surface area contributed by atoms with E-state index in [1.165, 1.54) is 23.6 Å². The number of carbonyl (C=O) groups excluding carboxylic acids is 2. The molecular weight excluding hydrogens is 376 g/mol. The van der Waals surface area contributed by atoms with Crippen molar-refractivity contribution in [2.45, 2.75) is 29.4 Å². The Morgan fingerprint density at radius 2 is 1.86 bits per heavy atom. The average molecular weight is 394 g/mol. The van der Waals surface area contributed by atoms with Crippen molar-refractivity contribution in [1.29, 1.82) is 0 Å². The second kappa shape index (κ2) is 7.82. The Morgan fingerprint density at radius 3 is 2.57 bits per heavy atom. The number of amides is 3. The van der Waals surface area contributed by atoms with E-state index in [0.717, 1.165) is 21.1 Å². The third kappa shape index (κ3) is 3.89. The zero-order chi connectivity index (χ0) is 19.5. The van der Waals surface area contributed by atoms with Gasteiger partial charge in [0, 0.05) is 4.90 Å². The van der Waals surface area contributed by atoms with E-state index in [9.17, 15) is 9.59 Å². The number of imide groups is 1. The van der Waals surface area contributed by atoms with E-state index < -0.39 is 18.0 Å². The van der Waals surface area contributed by atoms with E-state index in [0.29, 0.717) is 12.4 Å². The van der Waals surface area contributed by atoms with Gasteiger partial charge in [0.1, 0.15) is 18.1 Å². The maximum absolute atomic E-state index is 11.9. The fraction of sp³-hybridized carbons (Fsp3) is 0.143. The van der Waals surface area contributed by atoms with Crippen LogP contribution in [0.3, 0.4) is 0 Å². The molecule has 2 aromatic carbocycles. The minimum absolute atomic E-state index is 0.415. The van der Waals surface area contributed by atoms with Crippen LogP contribution in [0.2, 0.25) is 0 Å². The molecule has 7 heteroatoms. The van der Waals surface area contributed by atoms with Crippen molar-refractivity contribution >= 4 is 23.7 Å². The van der Waals surface area contributed by atoms with Crippen LogP contribution in [-0.2, 0) is 11.4 Å². The zero-order valence-corrected chi connectivity index (χ0v) is 15.9. The van der Waals surface area contributed by atoms with E-state index in [1.807, 2.05) is 36.4 Å². The minimum atomic E-state index is -0.804. The minimum Gasteiger partial charge on any atom is -0.489 e. The van der Waals surface area contributed by atoms with Crippen molar-refractivity contribution in [3.8, 4) is 5.75 Å². The van der Waals surface area contributed by atoms with Crippen LogP contribution in [0.15, 0.2) is 75.1 Å². The molecule has 1 aliphatic rings. The summed E-state index contributed by atoms with van der Waals surface area (Å²) < 4.78 is 11.3. The number of hydrogen-bond acceptors (Lipinski definition) is 5. The molecule has 6 nitrogen and oxygen atoms in total. The van der Waals surface area contributed by atoms with Crippen LogP contribution in [0, 0.1) is 6.92 Å². The number of carbonyl (C=O) groups is 2. The van der Waals surface area contributed by atoms with Crippen molar-refractivity contribution < 1.29 is 18.7 Å². The Kier molecular flexibility index (Phi) is 5.08. The van der Waals surface area contributed by atoms with Gasteiger partial charge in [0.2, 0.25) is 0 Å².